The average molecular weight is 412 g/mol. The van der Waals surface area contributed by atoms with Crippen LogP contribution < -0.4 is 15.4 Å². The molecule has 1 saturated heterocycles. The molecule has 2 N–H and O–H groups in total. The fourth-order valence-electron chi connectivity index (χ4n) is 3.94. The van der Waals surface area contributed by atoms with Crippen LogP contribution in [-0.2, 0) is 4.79 Å². The summed E-state index contributed by atoms with van der Waals surface area (Å²) in [6.45, 7) is 1.36. The molecule has 3 rings (SSSR count). The zero-order chi connectivity index (χ0) is 21.7. The summed E-state index contributed by atoms with van der Waals surface area (Å²) in [6, 6.07) is 12.4. The molecule has 0 aliphatic carbocycles. The molecule has 0 spiro atoms. The van der Waals surface area contributed by atoms with Crippen molar-refractivity contribution in [3.05, 3.63) is 54.4 Å². The molecule has 1 aliphatic rings. The number of para-hydroxylation sites is 1. The fraction of sp³-hybridized carbons (Fsp3) is 0.409. The molecular weight excluding hydrogens is 382 g/mol. The second-order valence-electron chi connectivity index (χ2n) is 7.71. The van der Waals surface area contributed by atoms with E-state index in [2.05, 4.69) is 4.98 Å². The molecule has 1 aliphatic heterocycles. The summed E-state index contributed by atoms with van der Waals surface area (Å²) >= 11 is 0. The lowest BCUT2D eigenvalue weighted by Gasteiger charge is -2.43. The quantitative estimate of drug-likeness (QED) is 0.784. The molecule has 0 bridgehead atoms. The van der Waals surface area contributed by atoms with Gasteiger partial charge in [0.05, 0.1) is 25.9 Å². The van der Waals surface area contributed by atoms with Gasteiger partial charge in [-0.3, -0.25) is 14.7 Å². The summed E-state index contributed by atoms with van der Waals surface area (Å²) < 4.78 is 5.22. The van der Waals surface area contributed by atoms with Crippen molar-refractivity contribution in [2.45, 2.75) is 18.4 Å². The molecular formula is C22H29N5O3. The van der Waals surface area contributed by atoms with Crippen molar-refractivity contribution < 1.29 is 14.3 Å². The van der Waals surface area contributed by atoms with Crippen LogP contribution in [0.4, 0.5) is 10.5 Å². The van der Waals surface area contributed by atoms with Crippen LogP contribution >= 0.6 is 0 Å². The Bertz CT molecular complexity index is 857. The number of primary amides is 1. The van der Waals surface area contributed by atoms with Gasteiger partial charge in [0.15, 0.2) is 0 Å². The number of rotatable bonds is 6. The maximum Gasteiger partial charge on any atom is 0.319 e. The van der Waals surface area contributed by atoms with Crippen molar-refractivity contribution in [2.75, 3.05) is 45.7 Å². The van der Waals surface area contributed by atoms with Gasteiger partial charge < -0.3 is 20.3 Å². The largest absolute Gasteiger partial charge is 0.495 e. The summed E-state index contributed by atoms with van der Waals surface area (Å²) in [5.74, 6) is 0.534. The molecule has 1 fully saturated rings. The van der Waals surface area contributed by atoms with E-state index in [9.17, 15) is 9.59 Å². The molecule has 1 aromatic carbocycles. The summed E-state index contributed by atoms with van der Waals surface area (Å²) in [6.07, 6.45) is 2.26. The summed E-state index contributed by atoms with van der Waals surface area (Å²) in [4.78, 5) is 35.1. The Kier molecular flexibility index (Phi) is 6.89. The third-order valence-electron chi connectivity index (χ3n) is 5.36. The highest BCUT2D eigenvalue weighted by atomic mass is 16.5. The Labute approximate surface area is 177 Å². The van der Waals surface area contributed by atoms with Crippen molar-refractivity contribution in [2.24, 2.45) is 5.73 Å². The Balaban J connectivity index is 1.95. The SMILES string of the molecule is COc1ccc(C2CN(C(=O)CN(C)C)CCC2N(C(N)=O)c2ccccc2)nc1. The highest BCUT2D eigenvalue weighted by Gasteiger charge is 2.38. The maximum absolute atomic E-state index is 12.7. The van der Waals surface area contributed by atoms with Crippen LogP contribution in [0.15, 0.2) is 48.7 Å². The van der Waals surface area contributed by atoms with Gasteiger partial charge in [-0.25, -0.2) is 4.79 Å². The van der Waals surface area contributed by atoms with Crippen molar-refractivity contribution in [3.63, 3.8) is 0 Å². The van der Waals surface area contributed by atoms with Gasteiger partial charge in [0.2, 0.25) is 5.91 Å². The number of methoxy groups -OCH3 is 1. The number of aromatic nitrogens is 1. The number of amides is 3. The van der Waals surface area contributed by atoms with E-state index < -0.39 is 6.03 Å². The number of benzene rings is 1. The van der Waals surface area contributed by atoms with Crippen LogP contribution in [0.2, 0.25) is 0 Å². The minimum Gasteiger partial charge on any atom is -0.495 e. The van der Waals surface area contributed by atoms with Crippen LogP contribution in [0.5, 0.6) is 5.75 Å². The van der Waals surface area contributed by atoms with Crippen molar-refractivity contribution in [1.29, 1.82) is 0 Å². The maximum atomic E-state index is 12.7. The number of likely N-dealkylation sites (tertiary alicyclic amines) is 1. The number of hydrogen-bond donors (Lipinski definition) is 1. The molecule has 2 aromatic rings. The molecule has 2 atom stereocenters. The Morgan fingerprint density at radius 1 is 1.20 bits per heavy atom. The number of hydrogen-bond acceptors (Lipinski definition) is 5. The number of pyridine rings is 1. The number of piperidine rings is 1. The molecule has 160 valence electrons. The van der Waals surface area contributed by atoms with Gasteiger partial charge in [0, 0.05) is 30.4 Å². The Morgan fingerprint density at radius 3 is 2.50 bits per heavy atom. The van der Waals surface area contributed by atoms with Gasteiger partial charge in [0.25, 0.3) is 0 Å². The normalized spacial score (nSPS) is 18.9. The first-order chi connectivity index (χ1) is 14.4. The second-order valence-corrected chi connectivity index (χ2v) is 7.71. The van der Waals surface area contributed by atoms with Gasteiger partial charge in [-0.1, -0.05) is 18.2 Å². The highest BCUT2D eigenvalue weighted by Crippen LogP contribution is 2.33. The number of likely N-dealkylation sites (N-methyl/N-ethyl adjacent to an activating group) is 1. The summed E-state index contributed by atoms with van der Waals surface area (Å²) in [5, 5.41) is 0. The van der Waals surface area contributed by atoms with E-state index in [4.69, 9.17) is 10.5 Å². The van der Waals surface area contributed by atoms with E-state index in [0.29, 0.717) is 31.8 Å². The molecule has 2 unspecified atom stereocenters. The van der Waals surface area contributed by atoms with Crippen LogP contribution in [0.25, 0.3) is 0 Å². The smallest absolute Gasteiger partial charge is 0.319 e. The van der Waals surface area contributed by atoms with Gasteiger partial charge in [0.1, 0.15) is 5.75 Å². The van der Waals surface area contributed by atoms with E-state index in [0.717, 1.165) is 11.4 Å². The fourth-order valence-corrected chi connectivity index (χ4v) is 3.94. The number of nitrogens with two attached hydrogens (primary N) is 1. The number of carbonyl (C=O) groups excluding carboxylic acids is 2. The molecule has 8 heteroatoms. The van der Waals surface area contributed by atoms with Gasteiger partial charge in [-0.05, 0) is 44.8 Å². The van der Waals surface area contributed by atoms with E-state index in [1.54, 1.807) is 18.2 Å². The molecule has 1 aromatic heterocycles. The first kappa shape index (κ1) is 21.6. The summed E-state index contributed by atoms with van der Waals surface area (Å²) in [5.41, 5.74) is 7.34. The predicted octanol–water partition coefficient (Wildman–Crippen LogP) is 1.92. The van der Waals surface area contributed by atoms with Crippen LogP contribution in [0, 0.1) is 0 Å². The van der Waals surface area contributed by atoms with Crippen molar-refractivity contribution in [1.82, 2.24) is 14.8 Å². The minimum atomic E-state index is -0.516. The number of carbonyl (C=O) groups is 2. The van der Waals surface area contributed by atoms with Crippen molar-refractivity contribution >= 4 is 17.6 Å². The number of anilines is 1. The van der Waals surface area contributed by atoms with Gasteiger partial charge in [-0.2, -0.15) is 0 Å². The average Bonchev–Trinajstić information content (AvgIpc) is 2.74. The number of nitrogens with zero attached hydrogens (tertiary/aromatic N) is 4. The Morgan fingerprint density at radius 2 is 1.93 bits per heavy atom. The van der Waals surface area contributed by atoms with E-state index >= 15 is 0 Å². The third kappa shape index (κ3) is 4.88. The lowest BCUT2D eigenvalue weighted by atomic mass is 9.87. The monoisotopic (exact) mass is 411 g/mol. The van der Waals surface area contributed by atoms with E-state index in [-0.39, 0.29) is 17.9 Å². The first-order valence-corrected chi connectivity index (χ1v) is 9.97. The van der Waals surface area contributed by atoms with Crippen LogP contribution in [-0.4, -0.2) is 73.6 Å². The van der Waals surface area contributed by atoms with Crippen LogP contribution in [0.1, 0.15) is 18.0 Å². The minimum absolute atomic E-state index is 0.0577. The Hall–Kier alpha value is -3.13. The zero-order valence-electron chi connectivity index (χ0n) is 17.7. The first-order valence-electron chi connectivity index (χ1n) is 9.97. The molecule has 30 heavy (non-hydrogen) atoms. The number of urea groups is 1. The standard InChI is InChI=1S/C22H29N5O3/c1-25(2)15-21(28)26-12-11-20(27(22(23)29)16-7-5-4-6-8-16)18(14-26)19-10-9-17(30-3)13-24-19/h4-10,13,18,20H,11-12,14-15H2,1-3H3,(H2,23,29). The lowest BCUT2D eigenvalue weighted by Crippen LogP contribution is -2.55. The van der Waals surface area contributed by atoms with E-state index in [1.807, 2.05) is 66.4 Å². The third-order valence-corrected chi connectivity index (χ3v) is 5.36. The van der Waals surface area contributed by atoms with Gasteiger partial charge >= 0.3 is 6.03 Å². The summed E-state index contributed by atoms with van der Waals surface area (Å²) in [7, 11) is 5.33. The zero-order valence-corrected chi connectivity index (χ0v) is 17.7. The lowest BCUT2D eigenvalue weighted by molar-refractivity contribution is -0.133. The topological polar surface area (TPSA) is 92.0 Å². The molecule has 3 amide bonds. The molecule has 0 saturated carbocycles. The van der Waals surface area contributed by atoms with E-state index in [1.165, 1.54) is 0 Å². The van der Waals surface area contributed by atoms with Crippen LogP contribution in [0.3, 0.4) is 0 Å². The molecule has 8 nitrogen and oxygen atoms in total. The second kappa shape index (κ2) is 9.58. The van der Waals surface area contributed by atoms with Gasteiger partial charge in [-0.15, -0.1) is 0 Å². The number of ether oxygens (including phenoxy) is 1. The molecule has 0 radical (unpaired) electrons. The highest BCUT2D eigenvalue weighted by molar-refractivity contribution is 5.91. The predicted molar refractivity (Wildman–Crippen MR) is 116 cm³/mol. The van der Waals surface area contributed by atoms with Crippen molar-refractivity contribution in [3.8, 4) is 5.75 Å². The molecule has 2 heterocycles.